The first-order chi connectivity index (χ1) is 8.24. The number of hydrogen-bond acceptors (Lipinski definition) is 2. The van der Waals surface area contributed by atoms with Gasteiger partial charge in [0.1, 0.15) is 0 Å². The van der Waals surface area contributed by atoms with E-state index < -0.39 is 0 Å². The molecule has 0 N–H and O–H groups in total. The maximum atomic E-state index is 12.0. The van der Waals surface area contributed by atoms with Gasteiger partial charge in [0.25, 0.3) is 11.8 Å². The highest BCUT2D eigenvalue weighted by atomic mass is 16.2. The lowest BCUT2D eigenvalue weighted by Crippen LogP contribution is -2.30. The van der Waals surface area contributed by atoms with Crippen LogP contribution >= 0.6 is 0 Å². The molecule has 1 aliphatic heterocycles. The van der Waals surface area contributed by atoms with E-state index in [1.54, 1.807) is 42.5 Å². The predicted molar refractivity (Wildman–Crippen MR) is 66.4 cm³/mol. The third-order valence-electron chi connectivity index (χ3n) is 2.38. The first-order valence-corrected chi connectivity index (χ1v) is 5.18. The van der Waals surface area contributed by atoms with E-state index in [4.69, 9.17) is 0 Å². The summed E-state index contributed by atoms with van der Waals surface area (Å²) in [5.41, 5.74) is 0.958. The van der Waals surface area contributed by atoms with Crippen molar-refractivity contribution in [2.45, 2.75) is 0 Å². The van der Waals surface area contributed by atoms with E-state index in [2.05, 4.69) is 6.58 Å². The Hall–Kier alpha value is -2.42. The number of imide groups is 1. The highest BCUT2D eigenvalue weighted by molar-refractivity contribution is 6.31. The Morgan fingerprint density at radius 1 is 1.12 bits per heavy atom. The molecule has 0 spiro atoms. The zero-order valence-electron chi connectivity index (χ0n) is 9.17. The number of nitrogens with zero attached hydrogens (tertiary/aromatic N) is 1. The number of amides is 2. The molecular weight excluding hydrogens is 214 g/mol. The standard InChI is InChI=1S/C14H11NO2/c1-2-3-7-11-10-13(16)15(14(11)17)12-8-5-4-6-9-12/h2-10H,1H2. The lowest BCUT2D eigenvalue weighted by Gasteiger charge is -2.13. The molecule has 2 rings (SSSR count). The quantitative estimate of drug-likeness (QED) is 0.584. The number of anilines is 1. The van der Waals surface area contributed by atoms with Gasteiger partial charge < -0.3 is 0 Å². The third kappa shape index (κ3) is 2.08. The number of allylic oxidation sites excluding steroid dienone is 2. The minimum atomic E-state index is -0.315. The van der Waals surface area contributed by atoms with Crippen molar-refractivity contribution in [3.05, 3.63) is 66.8 Å². The number of carbonyl (C=O) groups is 2. The maximum absolute atomic E-state index is 12.0. The Kier molecular flexibility index (Phi) is 3.01. The molecule has 1 aliphatic rings. The molecule has 2 amide bonds. The number of rotatable bonds is 3. The lowest BCUT2D eigenvalue weighted by molar-refractivity contribution is -0.120. The lowest BCUT2D eigenvalue weighted by atomic mass is 10.2. The molecule has 0 saturated carbocycles. The predicted octanol–water partition coefficient (Wildman–Crippen LogP) is 2.23. The van der Waals surface area contributed by atoms with Gasteiger partial charge in [0.15, 0.2) is 0 Å². The van der Waals surface area contributed by atoms with Gasteiger partial charge in [0, 0.05) is 11.6 Å². The molecule has 0 fully saturated rings. The Morgan fingerprint density at radius 3 is 2.47 bits per heavy atom. The molecule has 3 nitrogen and oxygen atoms in total. The molecule has 0 aliphatic carbocycles. The number of carbonyl (C=O) groups excluding carboxylic acids is 2. The van der Waals surface area contributed by atoms with Gasteiger partial charge in [-0.1, -0.05) is 36.9 Å². The summed E-state index contributed by atoms with van der Waals surface area (Å²) in [6.07, 6.45) is 6.10. The van der Waals surface area contributed by atoms with Crippen LogP contribution in [0.2, 0.25) is 0 Å². The van der Waals surface area contributed by atoms with Crippen LogP contribution in [0, 0.1) is 0 Å². The minimum Gasteiger partial charge on any atom is -0.269 e. The summed E-state index contributed by atoms with van der Waals surface area (Å²) in [5.74, 6) is -0.621. The van der Waals surface area contributed by atoms with Gasteiger partial charge in [-0.15, -0.1) is 0 Å². The van der Waals surface area contributed by atoms with E-state index >= 15 is 0 Å². The SMILES string of the molecule is C=CC=CC1=CC(=O)N(c2ccccc2)C1=O. The number of hydrogen-bond donors (Lipinski definition) is 0. The molecule has 3 heteroatoms. The van der Waals surface area contributed by atoms with Gasteiger partial charge in [-0.2, -0.15) is 0 Å². The van der Waals surface area contributed by atoms with Gasteiger partial charge in [0.2, 0.25) is 0 Å². The molecule has 0 atom stereocenters. The minimum absolute atomic E-state index is 0.306. The Labute approximate surface area is 99.4 Å². The Bertz CT molecular complexity index is 526. The van der Waals surface area contributed by atoms with Crippen LogP contribution < -0.4 is 4.90 Å². The van der Waals surface area contributed by atoms with Crippen molar-refractivity contribution >= 4 is 17.5 Å². The monoisotopic (exact) mass is 225 g/mol. The van der Waals surface area contributed by atoms with E-state index in [1.807, 2.05) is 6.07 Å². The van der Waals surface area contributed by atoms with Gasteiger partial charge in [-0.25, -0.2) is 4.90 Å². The second-order valence-electron chi connectivity index (χ2n) is 3.51. The summed E-state index contributed by atoms with van der Waals surface area (Å²) in [6, 6.07) is 8.86. The van der Waals surface area contributed by atoms with Crippen LogP contribution in [-0.4, -0.2) is 11.8 Å². The first kappa shape index (κ1) is 11.1. The van der Waals surface area contributed by atoms with Crippen LogP contribution in [0.4, 0.5) is 5.69 Å². The molecule has 1 aromatic carbocycles. The zero-order valence-corrected chi connectivity index (χ0v) is 9.17. The molecule has 0 bridgehead atoms. The van der Waals surface area contributed by atoms with Crippen LogP contribution in [-0.2, 0) is 9.59 Å². The smallest absolute Gasteiger partial charge is 0.265 e. The average molecular weight is 225 g/mol. The van der Waals surface area contributed by atoms with Gasteiger partial charge in [0.05, 0.1) is 5.69 Å². The molecule has 1 heterocycles. The molecule has 17 heavy (non-hydrogen) atoms. The summed E-state index contributed by atoms with van der Waals surface area (Å²) in [5, 5.41) is 0. The first-order valence-electron chi connectivity index (χ1n) is 5.18. The second kappa shape index (κ2) is 4.61. The Balaban J connectivity index is 2.31. The Morgan fingerprint density at radius 2 is 1.82 bits per heavy atom. The normalized spacial score (nSPS) is 15.5. The zero-order chi connectivity index (χ0) is 12.3. The largest absolute Gasteiger partial charge is 0.269 e. The third-order valence-corrected chi connectivity index (χ3v) is 2.38. The molecule has 84 valence electrons. The van der Waals surface area contributed by atoms with Crippen molar-refractivity contribution in [1.29, 1.82) is 0 Å². The molecule has 1 aromatic rings. The van der Waals surface area contributed by atoms with Crippen molar-refractivity contribution in [3.63, 3.8) is 0 Å². The van der Waals surface area contributed by atoms with E-state index in [9.17, 15) is 9.59 Å². The maximum Gasteiger partial charge on any atom is 0.265 e. The average Bonchev–Trinajstić information content (AvgIpc) is 2.63. The summed E-state index contributed by atoms with van der Waals surface area (Å²) in [4.78, 5) is 24.9. The van der Waals surface area contributed by atoms with Gasteiger partial charge in [-0.3, -0.25) is 9.59 Å². The van der Waals surface area contributed by atoms with E-state index in [1.165, 1.54) is 6.08 Å². The van der Waals surface area contributed by atoms with Crippen LogP contribution in [0.25, 0.3) is 0 Å². The van der Waals surface area contributed by atoms with Gasteiger partial charge in [-0.05, 0) is 18.2 Å². The number of benzene rings is 1. The van der Waals surface area contributed by atoms with Crippen molar-refractivity contribution < 1.29 is 9.59 Å². The molecular formula is C14H11NO2. The molecule has 0 radical (unpaired) electrons. The fraction of sp³-hybridized carbons (Fsp3) is 0. The van der Waals surface area contributed by atoms with Crippen molar-refractivity contribution in [1.82, 2.24) is 0 Å². The van der Waals surface area contributed by atoms with E-state index in [0.717, 1.165) is 4.90 Å². The fourth-order valence-electron chi connectivity index (χ4n) is 1.60. The molecule has 0 aromatic heterocycles. The fourth-order valence-corrected chi connectivity index (χ4v) is 1.60. The van der Waals surface area contributed by atoms with Crippen LogP contribution in [0.1, 0.15) is 0 Å². The molecule has 0 saturated heterocycles. The topological polar surface area (TPSA) is 37.4 Å². The number of para-hydroxylation sites is 1. The molecule has 0 unspecified atom stereocenters. The van der Waals surface area contributed by atoms with Crippen molar-refractivity contribution in [3.8, 4) is 0 Å². The summed E-state index contributed by atoms with van der Waals surface area (Å²) in [7, 11) is 0. The van der Waals surface area contributed by atoms with Crippen LogP contribution in [0.15, 0.2) is 66.8 Å². The highest BCUT2D eigenvalue weighted by Crippen LogP contribution is 2.22. The van der Waals surface area contributed by atoms with E-state index in [-0.39, 0.29) is 11.8 Å². The van der Waals surface area contributed by atoms with Crippen molar-refractivity contribution in [2.24, 2.45) is 0 Å². The van der Waals surface area contributed by atoms with Crippen LogP contribution in [0.3, 0.4) is 0 Å². The highest BCUT2D eigenvalue weighted by Gasteiger charge is 2.30. The van der Waals surface area contributed by atoms with Crippen molar-refractivity contribution in [2.75, 3.05) is 4.90 Å². The summed E-state index contributed by atoms with van der Waals surface area (Å²) < 4.78 is 0. The summed E-state index contributed by atoms with van der Waals surface area (Å²) >= 11 is 0. The summed E-state index contributed by atoms with van der Waals surface area (Å²) in [6.45, 7) is 3.52. The van der Waals surface area contributed by atoms with Gasteiger partial charge >= 0.3 is 0 Å². The van der Waals surface area contributed by atoms with Crippen LogP contribution in [0.5, 0.6) is 0 Å². The van der Waals surface area contributed by atoms with E-state index in [0.29, 0.717) is 11.3 Å². The second-order valence-corrected chi connectivity index (χ2v) is 3.51.